The Morgan fingerprint density at radius 1 is 1.67 bits per heavy atom. The molecule has 1 rings (SSSR count). The minimum atomic E-state index is -0.577. The molecular formula is C10H7BrClNO2. The van der Waals surface area contributed by atoms with E-state index in [2.05, 4.69) is 15.9 Å². The molecule has 0 unspecified atom stereocenters. The first-order valence-electron chi connectivity index (χ1n) is 4.16. The normalized spacial score (nSPS) is 9.47. The SMILES string of the molecule is CCOC(=O)c1c(Cl)cc(Br)cc1C#N. The summed E-state index contributed by atoms with van der Waals surface area (Å²) in [5.41, 5.74) is 0.317. The zero-order valence-electron chi connectivity index (χ0n) is 7.88. The van der Waals surface area contributed by atoms with Crippen molar-refractivity contribution in [3.63, 3.8) is 0 Å². The fraction of sp³-hybridized carbons (Fsp3) is 0.200. The van der Waals surface area contributed by atoms with Gasteiger partial charge in [-0.2, -0.15) is 5.26 Å². The third kappa shape index (κ3) is 2.71. The van der Waals surface area contributed by atoms with Gasteiger partial charge in [0.1, 0.15) is 6.07 Å². The summed E-state index contributed by atoms with van der Waals surface area (Å²) in [4.78, 5) is 11.5. The summed E-state index contributed by atoms with van der Waals surface area (Å²) in [7, 11) is 0. The summed E-state index contributed by atoms with van der Waals surface area (Å²) in [5, 5.41) is 9.05. The van der Waals surface area contributed by atoms with Gasteiger partial charge in [0, 0.05) is 4.47 Å². The second kappa shape index (κ2) is 5.15. The van der Waals surface area contributed by atoms with Crippen molar-refractivity contribution < 1.29 is 9.53 Å². The number of esters is 1. The van der Waals surface area contributed by atoms with Crippen LogP contribution in [0.4, 0.5) is 0 Å². The lowest BCUT2D eigenvalue weighted by Crippen LogP contribution is -2.07. The van der Waals surface area contributed by atoms with Crippen LogP contribution in [0, 0.1) is 11.3 Å². The minimum Gasteiger partial charge on any atom is -0.462 e. The third-order valence-electron chi connectivity index (χ3n) is 1.66. The van der Waals surface area contributed by atoms with Gasteiger partial charge in [-0.3, -0.25) is 0 Å². The minimum absolute atomic E-state index is 0.115. The monoisotopic (exact) mass is 287 g/mol. The molecular weight excluding hydrogens is 281 g/mol. The van der Waals surface area contributed by atoms with Gasteiger partial charge >= 0.3 is 5.97 Å². The molecule has 15 heavy (non-hydrogen) atoms. The predicted octanol–water partition coefficient (Wildman–Crippen LogP) is 3.15. The fourth-order valence-corrected chi connectivity index (χ4v) is 1.96. The maximum Gasteiger partial charge on any atom is 0.341 e. The van der Waals surface area contributed by atoms with Gasteiger partial charge in [0.15, 0.2) is 0 Å². The molecule has 3 nitrogen and oxygen atoms in total. The number of carbonyl (C=O) groups excluding carboxylic acids is 1. The zero-order chi connectivity index (χ0) is 11.4. The average Bonchev–Trinajstić information content (AvgIpc) is 2.16. The van der Waals surface area contributed by atoms with Gasteiger partial charge in [-0.1, -0.05) is 27.5 Å². The van der Waals surface area contributed by atoms with Crippen molar-refractivity contribution >= 4 is 33.5 Å². The van der Waals surface area contributed by atoms with Crippen molar-refractivity contribution in [1.29, 1.82) is 5.26 Å². The Labute approximate surface area is 101 Å². The van der Waals surface area contributed by atoms with Gasteiger partial charge in [0.05, 0.1) is 22.8 Å². The first-order valence-corrected chi connectivity index (χ1v) is 5.33. The van der Waals surface area contributed by atoms with Crippen molar-refractivity contribution in [2.24, 2.45) is 0 Å². The van der Waals surface area contributed by atoms with Gasteiger partial charge in [0.25, 0.3) is 0 Å². The molecule has 0 spiro atoms. The average molecular weight is 289 g/mol. The molecule has 0 N–H and O–H groups in total. The lowest BCUT2D eigenvalue weighted by atomic mass is 10.1. The van der Waals surface area contributed by atoms with Crippen LogP contribution in [0.25, 0.3) is 0 Å². The van der Waals surface area contributed by atoms with Crippen molar-refractivity contribution in [2.45, 2.75) is 6.92 Å². The van der Waals surface area contributed by atoms with E-state index >= 15 is 0 Å². The second-order valence-corrected chi connectivity index (χ2v) is 3.97. The highest BCUT2D eigenvalue weighted by Gasteiger charge is 2.17. The van der Waals surface area contributed by atoms with Crippen LogP contribution in [0.5, 0.6) is 0 Å². The Bertz CT molecular complexity index is 440. The molecule has 0 aromatic heterocycles. The van der Waals surface area contributed by atoms with Crippen LogP contribution in [0.1, 0.15) is 22.8 Å². The number of rotatable bonds is 2. The van der Waals surface area contributed by atoms with Crippen LogP contribution < -0.4 is 0 Å². The van der Waals surface area contributed by atoms with E-state index in [1.54, 1.807) is 13.0 Å². The van der Waals surface area contributed by atoms with E-state index in [1.807, 2.05) is 6.07 Å². The molecule has 0 amide bonds. The van der Waals surface area contributed by atoms with E-state index in [-0.39, 0.29) is 22.8 Å². The molecule has 5 heteroatoms. The van der Waals surface area contributed by atoms with Crippen LogP contribution in [0.2, 0.25) is 5.02 Å². The van der Waals surface area contributed by atoms with Crippen molar-refractivity contribution in [3.05, 3.63) is 32.8 Å². The molecule has 0 saturated carbocycles. The zero-order valence-corrected chi connectivity index (χ0v) is 10.2. The largest absolute Gasteiger partial charge is 0.462 e. The molecule has 0 aliphatic heterocycles. The highest BCUT2D eigenvalue weighted by molar-refractivity contribution is 9.10. The Hall–Kier alpha value is -1.05. The molecule has 1 aromatic rings. The topological polar surface area (TPSA) is 50.1 Å². The van der Waals surface area contributed by atoms with E-state index in [0.29, 0.717) is 4.47 Å². The molecule has 0 aliphatic carbocycles. The van der Waals surface area contributed by atoms with E-state index in [0.717, 1.165) is 0 Å². The number of nitrogens with zero attached hydrogens (tertiary/aromatic N) is 1. The second-order valence-electron chi connectivity index (χ2n) is 2.64. The van der Waals surface area contributed by atoms with E-state index in [4.69, 9.17) is 21.6 Å². The summed E-state index contributed by atoms with van der Waals surface area (Å²) in [6.45, 7) is 1.94. The van der Waals surface area contributed by atoms with Crippen LogP contribution in [-0.4, -0.2) is 12.6 Å². The first-order chi connectivity index (χ1) is 7.10. The lowest BCUT2D eigenvalue weighted by molar-refractivity contribution is 0.0526. The number of hydrogen-bond donors (Lipinski definition) is 0. The van der Waals surface area contributed by atoms with Gasteiger partial charge in [-0.25, -0.2) is 4.79 Å². The summed E-state index contributed by atoms with van der Waals surface area (Å²) in [6.07, 6.45) is 0. The molecule has 0 radical (unpaired) electrons. The Balaban J connectivity index is 3.28. The molecule has 0 aliphatic rings. The summed E-state index contributed by atoms with van der Waals surface area (Å²) < 4.78 is 5.45. The van der Waals surface area contributed by atoms with Gasteiger partial charge in [-0.05, 0) is 19.1 Å². The number of hydrogen-bond acceptors (Lipinski definition) is 3. The Morgan fingerprint density at radius 2 is 2.33 bits per heavy atom. The summed E-state index contributed by atoms with van der Waals surface area (Å²) in [6, 6.07) is 4.98. The number of ether oxygens (including phenoxy) is 1. The van der Waals surface area contributed by atoms with E-state index < -0.39 is 5.97 Å². The van der Waals surface area contributed by atoms with Crippen molar-refractivity contribution in [2.75, 3.05) is 6.61 Å². The summed E-state index contributed by atoms with van der Waals surface area (Å²) in [5.74, 6) is -0.577. The smallest absolute Gasteiger partial charge is 0.341 e. The van der Waals surface area contributed by atoms with Gasteiger partial charge in [0.2, 0.25) is 0 Å². The molecule has 78 valence electrons. The number of nitriles is 1. The molecule has 0 bridgehead atoms. The van der Waals surface area contributed by atoms with Crippen LogP contribution >= 0.6 is 27.5 Å². The highest BCUT2D eigenvalue weighted by Crippen LogP contribution is 2.25. The maximum absolute atomic E-state index is 11.5. The highest BCUT2D eigenvalue weighted by atomic mass is 79.9. The summed E-state index contributed by atoms with van der Waals surface area (Å²) >= 11 is 9.05. The quantitative estimate of drug-likeness (QED) is 0.786. The number of benzene rings is 1. The number of halogens is 2. The molecule has 0 atom stereocenters. The standard InChI is InChI=1S/C10H7BrClNO2/c1-2-15-10(14)9-6(5-13)3-7(11)4-8(9)12/h3-4H,2H2,1H3. The Morgan fingerprint density at radius 3 is 2.87 bits per heavy atom. The van der Waals surface area contributed by atoms with Gasteiger partial charge in [-0.15, -0.1) is 0 Å². The van der Waals surface area contributed by atoms with E-state index in [9.17, 15) is 4.79 Å². The third-order valence-corrected chi connectivity index (χ3v) is 2.41. The van der Waals surface area contributed by atoms with Crippen LogP contribution in [0.15, 0.2) is 16.6 Å². The lowest BCUT2D eigenvalue weighted by Gasteiger charge is -2.06. The van der Waals surface area contributed by atoms with Crippen LogP contribution in [-0.2, 0) is 4.74 Å². The maximum atomic E-state index is 11.5. The first kappa shape index (κ1) is 12.0. The molecule has 0 heterocycles. The number of carbonyl (C=O) groups is 1. The van der Waals surface area contributed by atoms with E-state index in [1.165, 1.54) is 6.07 Å². The predicted molar refractivity (Wildman–Crippen MR) is 59.8 cm³/mol. The van der Waals surface area contributed by atoms with Gasteiger partial charge < -0.3 is 4.74 Å². The van der Waals surface area contributed by atoms with Crippen LogP contribution in [0.3, 0.4) is 0 Å². The molecule has 1 aromatic carbocycles. The van der Waals surface area contributed by atoms with Crippen molar-refractivity contribution in [3.8, 4) is 6.07 Å². The Kier molecular flexibility index (Phi) is 4.13. The fourth-order valence-electron chi connectivity index (χ4n) is 1.07. The van der Waals surface area contributed by atoms with Crippen molar-refractivity contribution in [1.82, 2.24) is 0 Å². The molecule has 0 fully saturated rings. The molecule has 0 saturated heterocycles.